The molecule has 0 radical (unpaired) electrons. The minimum atomic E-state index is -0.0590. The van der Waals surface area contributed by atoms with E-state index in [4.69, 9.17) is 0 Å². The van der Waals surface area contributed by atoms with Gasteiger partial charge in [-0.1, -0.05) is 195 Å². The van der Waals surface area contributed by atoms with E-state index < -0.39 is 0 Å². The van der Waals surface area contributed by atoms with Gasteiger partial charge in [-0.2, -0.15) is 0 Å². The number of para-hydroxylation sites is 2. The van der Waals surface area contributed by atoms with Gasteiger partial charge in [-0.05, 0) is 210 Å². The van der Waals surface area contributed by atoms with Gasteiger partial charge in [-0.25, -0.2) is 0 Å². The highest BCUT2D eigenvalue weighted by Gasteiger charge is 2.51. The molecule has 8 aromatic rings. The van der Waals surface area contributed by atoms with Crippen molar-refractivity contribution in [2.24, 2.45) is 0 Å². The molecule has 0 amide bonds. The maximum Gasteiger partial charge on any atom is 0.252 e. The van der Waals surface area contributed by atoms with E-state index in [1.54, 1.807) is 0 Å². The Hall–Kier alpha value is -6.78. The molecule has 4 heteroatoms. The van der Waals surface area contributed by atoms with Gasteiger partial charge in [-0.3, -0.25) is 0 Å². The SMILES string of the molecule is Cc1cc2c(cc1N1c3cc4c(cc3B3c5cc6c(cc5N(c5ccc(C(C)(C)C)cc5-c5ccccc5)c5cc(N(c7ccccc7)c7ccccc7)cc1c53)C(C)(C)CC6(C)C)C(C)(C)CCC4(C)C)C(C)(C)CCC2(C)C. The highest BCUT2D eigenvalue weighted by molar-refractivity contribution is 7.00. The van der Waals surface area contributed by atoms with E-state index >= 15 is 0 Å². The molecule has 0 spiro atoms. The lowest BCUT2D eigenvalue weighted by Crippen LogP contribution is -2.62. The number of nitrogens with zero attached hydrogens (tertiary/aromatic N) is 3. The van der Waals surface area contributed by atoms with Crippen molar-refractivity contribution in [1.82, 2.24) is 0 Å². The van der Waals surface area contributed by atoms with Crippen molar-refractivity contribution in [3.05, 3.63) is 202 Å². The van der Waals surface area contributed by atoms with Crippen LogP contribution in [0.3, 0.4) is 0 Å². The van der Waals surface area contributed by atoms with Crippen molar-refractivity contribution in [3.8, 4) is 11.1 Å². The quantitative estimate of drug-likeness (QED) is 0.154. The summed E-state index contributed by atoms with van der Waals surface area (Å²) in [5.41, 5.74) is 29.2. The Morgan fingerprint density at radius 1 is 0.388 bits per heavy atom. The number of rotatable bonds is 6. The summed E-state index contributed by atoms with van der Waals surface area (Å²) in [6.07, 6.45) is 5.73. The van der Waals surface area contributed by atoms with Gasteiger partial charge in [0.25, 0.3) is 6.71 Å². The summed E-state index contributed by atoms with van der Waals surface area (Å²) >= 11 is 0. The molecular formula is C76H84BN3. The number of benzene rings is 8. The minimum absolute atomic E-state index is 0.00206. The van der Waals surface area contributed by atoms with Crippen LogP contribution in [-0.4, -0.2) is 6.71 Å². The molecule has 0 unspecified atom stereocenters. The fourth-order valence-corrected chi connectivity index (χ4v) is 15.7. The first-order valence-electron chi connectivity index (χ1n) is 30.1. The van der Waals surface area contributed by atoms with Crippen LogP contribution in [0.15, 0.2) is 158 Å². The van der Waals surface area contributed by atoms with E-state index in [1.165, 1.54) is 113 Å². The van der Waals surface area contributed by atoms with Crippen LogP contribution in [0.25, 0.3) is 11.1 Å². The van der Waals surface area contributed by atoms with Crippen molar-refractivity contribution >= 4 is 74.3 Å². The Kier molecular flexibility index (Phi) is 11.6. The first-order chi connectivity index (χ1) is 37.7. The largest absolute Gasteiger partial charge is 0.311 e. The van der Waals surface area contributed by atoms with Crippen LogP contribution < -0.4 is 31.1 Å². The molecule has 3 aliphatic carbocycles. The summed E-state index contributed by atoms with van der Waals surface area (Å²) in [4.78, 5) is 8.02. The molecule has 3 nitrogen and oxygen atoms in total. The van der Waals surface area contributed by atoms with Crippen LogP contribution >= 0.6 is 0 Å². The van der Waals surface area contributed by atoms with Gasteiger partial charge in [0.1, 0.15) is 0 Å². The van der Waals surface area contributed by atoms with Crippen molar-refractivity contribution in [2.45, 2.75) is 181 Å². The van der Waals surface area contributed by atoms with Gasteiger partial charge in [0, 0.05) is 45.4 Å². The first-order valence-corrected chi connectivity index (χ1v) is 30.1. The Labute approximate surface area is 480 Å². The van der Waals surface area contributed by atoms with Crippen LogP contribution in [0.5, 0.6) is 0 Å². The van der Waals surface area contributed by atoms with Gasteiger partial charge in [0.05, 0.1) is 11.4 Å². The molecule has 13 rings (SSSR count). The third-order valence-corrected chi connectivity index (χ3v) is 20.4. The predicted molar refractivity (Wildman–Crippen MR) is 345 cm³/mol. The zero-order chi connectivity index (χ0) is 56.4. The van der Waals surface area contributed by atoms with Crippen molar-refractivity contribution < 1.29 is 0 Å². The van der Waals surface area contributed by atoms with Crippen LogP contribution in [0.4, 0.5) is 51.2 Å². The average Bonchev–Trinajstić information content (AvgIpc) is 3.24. The summed E-state index contributed by atoms with van der Waals surface area (Å²) in [5, 5.41) is 0. The van der Waals surface area contributed by atoms with Gasteiger partial charge >= 0.3 is 0 Å². The monoisotopic (exact) mass is 1050 g/mol. The number of anilines is 9. The minimum Gasteiger partial charge on any atom is -0.311 e. The summed E-state index contributed by atoms with van der Waals surface area (Å²) < 4.78 is 0. The van der Waals surface area contributed by atoms with Gasteiger partial charge < -0.3 is 14.7 Å². The van der Waals surface area contributed by atoms with Crippen LogP contribution in [-0.2, 0) is 37.9 Å². The van der Waals surface area contributed by atoms with Gasteiger partial charge in [-0.15, -0.1) is 0 Å². The Bertz CT molecular complexity index is 3770. The summed E-state index contributed by atoms with van der Waals surface area (Å²) in [7, 11) is 0. The highest BCUT2D eigenvalue weighted by Crippen LogP contribution is 2.57. The summed E-state index contributed by atoms with van der Waals surface area (Å²) in [6.45, 7) is 39.4. The zero-order valence-electron chi connectivity index (χ0n) is 51.0. The Morgan fingerprint density at radius 3 is 1.26 bits per heavy atom. The number of aryl methyl sites for hydroxylation is 1. The fraction of sp³-hybridized carbons (Fsp3) is 0.368. The molecule has 0 atom stereocenters. The molecular weight excluding hydrogens is 966 g/mol. The number of hydrogen-bond donors (Lipinski definition) is 0. The Morgan fingerprint density at radius 2 is 0.787 bits per heavy atom. The second-order valence-corrected chi connectivity index (χ2v) is 29.9. The van der Waals surface area contributed by atoms with E-state index in [0.29, 0.717) is 0 Å². The molecule has 0 aromatic heterocycles. The predicted octanol–water partition coefficient (Wildman–Crippen LogP) is 19.2. The molecule has 0 saturated carbocycles. The lowest BCUT2D eigenvalue weighted by molar-refractivity contribution is 0.331. The first kappa shape index (κ1) is 52.6. The molecule has 80 heavy (non-hydrogen) atoms. The van der Waals surface area contributed by atoms with Gasteiger partial charge in [0.2, 0.25) is 0 Å². The molecule has 0 N–H and O–H groups in total. The number of hydrogen-bond acceptors (Lipinski definition) is 3. The van der Waals surface area contributed by atoms with E-state index in [-0.39, 0.29) is 44.6 Å². The molecule has 0 saturated heterocycles. The topological polar surface area (TPSA) is 9.72 Å². The van der Waals surface area contributed by atoms with Crippen LogP contribution in [0, 0.1) is 6.92 Å². The van der Waals surface area contributed by atoms with E-state index in [1.807, 2.05) is 0 Å². The standard InChI is InChI=1S/C76H84BN3/c1-48-38-55-58(73(9,10)36-34-71(55,5)6)44-64(48)80-66-45-59-56(72(7,8)35-37-74(59,11)12)42-61(66)77-62-43-57-60(76(15,16)47-75(57,13)14)46-65(62)79(63-33-32-50(70(2,3)4)39-54(63)49-26-20-17-21-27-49)67-40-53(41-68(80)69(67)77)78(51-28-22-18-23-29-51)52-30-24-19-25-31-52/h17-33,38-46H,34-37,47H2,1-16H3. The number of fused-ring (bicyclic) bond motifs is 7. The smallest absolute Gasteiger partial charge is 0.252 e. The van der Waals surface area contributed by atoms with Crippen LogP contribution in [0.2, 0.25) is 0 Å². The van der Waals surface area contributed by atoms with Gasteiger partial charge in [0.15, 0.2) is 0 Å². The molecule has 2 heterocycles. The third-order valence-electron chi connectivity index (χ3n) is 20.4. The maximum atomic E-state index is 2.78. The molecule has 0 bridgehead atoms. The summed E-state index contributed by atoms with van der Waals surface area (Å²) in [6, 6.07) is 62.0. The molecule has 406 valence electrons. The molecule has 5 aliphatic rings. The molecule has 8 aromatic carbocycles. The lowest BCUT2D eigenvalue weighted by Gasteiger charge is -2.49. The second-order valence-electron chi connectivity index (χ2n) is 29.9. The van der Waals surface area contributed by atoms with E-state index in [9.17, 15) is 0 Å². The highest BCUT2D eigenvalue weighted by atomic mass is 15.2. The second kappa shape index (κ2) is 17.6. The third kappa shape index (κ3) is 8.10. The average molecular weight is 1050 g/mol. The normalized spacial score (nSPS) is 19.0. The summed E-state index contributed by atoms with van der Waals surface area (Å²) in [5.74, 6) is 0. The zero-order valence-corrected chi connectivity index (χ0v) is 51.0. The Balaban J connectivity index is 1.24. The molecule has 2 aliphatic heterocycles. The van der Waals surface area contributed by atoms with E-state index in [2.05, 4.69) is 283 Å². The van der Waals surface area contributed by atoms with Crippen molar-refractivity contribution in [1.29, 1.82) is 0 Å². The van der Waals surface area contributed by atoms with E-state index in [0.717, 1.165) is 42.7 Å². The lowest BCUT2D eigenvalue weighted by atomic mass is 9.33. The van der Waals surface area contributed by atoms with Crippen LogP contribution in [0.1, 0.15) is 180 Å². The maximum absolute atomic E-state index is 2.78. The van der Waals surface area contributed by atoms with Crippen molar-refractivity contribution in [3.63, 3.8) is 0 Å². The van der Waals surface area contributed by atoms with Crippen molar-refractivity contribution in [2.75, 3.05) is 14.7 Å². The fourth-order valence-electron chi connectivity index (χ4n) is 15.7. The molecule has 0 fully saturated rings.